The first-order valence-corrected chi connectivity index (χ1v) is 11.1. The average Bonchev–Trinajstić information content (AvgIpc) is 2.77. The molecule has 1 aromatic heterocycles. The van der Waals surface area contributed by atoms with E-state index in [4.69, 9.17) is 4.74 Å². The second-order valence-corrected chi connectivity index (χ2v) is 8.59. The zero-order valence-corrected chi connectivity index (χ0v) is 18.9. The molecule has 0 bridgehead atoms. The Morgan fingerprint density at radius 1 is 1.12 bits per heavy atom. The number of thioether (sulfide) groups is 1. The number of ether oxygens (including phenoxy) is 1. The SMILES string of the molecule is CC[C@@H](CC(=O)c1cc(=O)[nH]c(Cc2ccc(OC)cc2)n1)c1ccc(SC(F)(F)F)cc1. The summed E-state index contributed by atoms with van der Waals surface area (Å²) >= 11 is -0.177. The third-order valence-electron chi connectivity index (χ3n) is 5.12. The molecule has 2 aromatic carbocycles. The van der Waals surface area contributed by atoms with Crippen molar-refractivity contribution in [3.05, 3.63) is 87.6 Å². The predicted molar refractivity (Wildman–Crippen MR) is 121 cm³/mol. The summed E-state index contributed by atoms with van der Waals surface area (Å²) in [6, 6.07) is 14.5. The highest BCUT2D eigenvalue weighted by Crippen LogP contribution is 2.37. The van der Waals surface area contributed by atoms with Gasteiger partial charge >= 0.3 is 5.51 Å². The first-order chi connectivity index (χ1) is 15.7. The topological polar surface area (TPSA) is 72.0 Å². The van der Waals surface area contributed by atoms with Crippen molar-refractivity contribution in [3.63, 3.8) is 0 Å². The van der Waals surface area contributed by atoms with Crippen molar-refractivity contribution in [2.75, 3.05) is 7.11 Å². The Bertz CT molecular complexity index is 1140. The van der Waals surface area contributed by atoms with Gasteiger partial charge in [-0.2, -0.15) is 13.2 Å². The Morgan fingerprint density at radius 2 is 1.79 bits per heavy atom. The standard InChI is InChI=1S/C24H23F3N2O3S/c1-3-16(17-6-10-19(11-7-17)33-24(25,26)27)13-21(30)20-14-23(31)29-22(28-20)12-15-4-8-18(32-2)9-5-15/h4-11,14,16H,3,12-13H2,1-2H3,(H,28,29,31)/t16-/m0/s1. The summed E-state index contributed by atoms with van der Waals surface area (Å²) in [7, 11) is 1.57. The van der Waals surface area contributed by atoms with Crippen LogP contribution in [0.4, 0.5) is 13.2 Å². The van der Waals surface area contributed by atoms with Gasteiger partial charge in [-0.05, 0) is 59.5 Å². The minimum atomic E-state index is -4.35. The minimum Gasteiger partial charge on any atom is -0.497 e. The fourth-order valence-corrected chi connectivity index (χ4v) is 3.98. The van der Waals surface area contributed by atoms with Crippen LogP contribution in [0, 0.1) is 0 Å². The fourth-order valence-electron chi connectivity index (χ4n) is 3.44. The van der Waals surface area contributed by atoms with Gasteiger partial charge in [0.15, 0.2) is 5.78 Å². The monoisotopic (exact) mass is 476 g/mol. The van der Waals surface area contributed by atoms with Gasteiger partial charge in [0.05, 0.1) is 7.11 Å². The Balaban J connectivity index is 1.73. The largest absolute Gasteiger partial charge is 0.497 e. The van der Waals surface area contributed by atoms with Crippen molar-refractivity contribution in [2.45, 2.75) is 42.5 Å². The summed E-state index contributed by atoms with van der Waals surface area (Å²) < 4.78 is 42.8. The Morgan fingerprint density at radius 3 is 2.36 bits per heavy atom. The third kappa shape index (κ3) is 7.21. The minimum absolute atomic E-state index is 0.0740. The number of methoxy groups -OCH3 is 1. The van der Waals surface area contributed by atoms with Crippen molar-refractivity contribution in [3.8, 4) is 5.75 Å². The summed E-state index contributed by atoms with van der Waals surface area (Å²) in [6.45, 7) is 1.90. The molecule has 0 unspecified atom stereocenters. The lowest BCUT2D eigenvalue weighted by Gasteiger charge is -2.15. The molecule has 3 aromatic rings. The number of aromatic amines is 1. The normalized spacial score (nSPS) is 12.4. The van der Waals surface area contributed by atoms with Gasteiger partial charge < -0.3 is 9.72 Å². The lowest BCUT2D eigenvalue weighted by atomic mass is 9.90. The van der Waals surface area contributed by atoms with Gasteiger partial charge in [0.1, 0.15) is 17.3 Å². The van der Waals surface area contributed by atoms with Gasteiger partial charge in [-0.3, -0.25) is 9.59 Å². The van der Waals surface area contributed by atoms with E-state index in [1.54, 1.807) is 31.4 Å². The first kappa shape index (κ1) is 24.6. The molecule has 9 heteroatoms. The number of hydrogen-bond acceptors (Lipinski definition) is 5. The number of halogens is 3. The van der Waals surface area contributed by atoms with Crippen LogP contribution in [0.5, 0.6) is 5.75 Å². The zero-order valence-electron chi connectivity index (χ0n) is 18.1. The molecular formula is C24H23F3N2O3S. The molecule has 1 atom stereocenters. The molecule has 1 heterocycles. The van der Waals surface area contributed by atoms with Crippen LogP contribution in [0.15, 0.2) is 64.3 Å². The van der Waals surface area contributed by atoms with Crippen LogP contribution >= 0.6 is 11.8 Å². The highest BCUT2D eigenvalue weighted by molar-refractivity contribution is 8.00. The van der Waals surface area contributed by atoms with Crippen molar-refractivity contribution in [2.24, 2.45) is 0 Å². The molecule has 0 amide bonds. The number of rotatable bonds is 9. The molecule has 0 aliphatic carbocycles. The maximum atomic E-state index is 12.9. The predicted octanol–water partition coefficient (Wildman–Crippen LogP) is 5.75. The van der Waals surface area contributed by atoms with Crippen molar-refractivity contribution >= 4 is 17.5 Å². The van der Waals surface area contributed by atoms with E-state index in [-0.39, 0.29) is 40.5 Å². The summed E-state index contributed by atoms with van der Waals surface area (Å²) in [5, 5.41) is 0. The maximum absolute atomic E-state index is 12.9. The quantitative estimate of drug-likeness (QED) is 0.315. The van der Waals surface area contributed by atoms with Crippen LogP contribution in [0.1, 0.15) is 53.1 Å². The molecule has 33 heavy (non-hydrogen) atoms. The van der Waals surface area contributed by atoms with Gasteiger partial charge in [-0.1, -0.05) is 31.2 Å². The van der Waals surface area contributed by atoms with E-state index in [1.807, 2.05) is 19.1 Å². The molecule has 0 fully saturated rings. The average molecular weight is 477 g/mol. The molecular weight excluding hydrogens is 453 g/mol. The van der Waals surface area contributed by atoms with Gasteiger partial charge in [0.25, 0.3) is 5.56 Å². The molecule has 1 N–H and O–H groups in total. The Kier molecular flexibility index (Phi) is 7.97. The molecule has 0 radical (unpaired) electrons. The number of benzene rings is 2. The van der Waals surface area contributed by atoms with E-state index in [0.717, 1.165) is 11.1 Å². The van der Waals surface area contributed by atoms with Crippen LogP contribution in [0.3, 0.4) is 0 Å². The number of alkyl halides is 3. The maximum Gasteiger partial charge on any atom is 0.446 e. The van der Waals surface area contributed by atoms with E-state index in [1.165, 1.54) is 18.2 Å². The van der Waals surface area contributed by atoms with Gasteiger partial charge in [-0.25, -0.2) is 4.98 Å². The van der Waals surface area contributed by atoms with E-state index in [9.17, 15) is 22.8 Å². The molecule has 0 saturated carbocycles. The smallest absolute Gasteiger partial charge is 0.446 e. The number of nitrogens with one attached hydrogen (secondary N) is 1. The number of hydrogen-bond donors (Lipinski definition) is 1. The van der Waals surface area contributed by atoms with Crippen LogP contribution in [-0.4, -0.2) is 28.4 Å². The molecule has 3 rings (SSSR count). The van der Waals surface area contributed by atoms with Crippen molar-refractivity contribution in [1.82, 2.24) is 9.97 Å². The molecule has 0 spiro atoms. The van der Waals surface area contributed by atoms with E-state index in [0.29, 0.717) is 24.4 Å². The summed E-state index contributed by atoms with van der Waals surface area (Å²) in [4.78, 5) is 32.1. The number of aromatic nitrogens is 2. The number of ketones is 1. The molecule has 0 aliphatic rings. The van der Waals surface area contributed by atoms with E-state index in [2.05, 4.69) is 9.97 Å². The number of Topliss-reactive ketones (excluding diaryl/α,β-unsaturated/α-hetero) is 1. The first-order valence-electron chi connectivity index (χ1n) is 10.3. The van der Waals surface area contributed by atoms with Gasteiger partial charge in [0, 0.05) is 23.8 Å². The molecule has 5 nitrogen and oxygen atoms in total. The highest BCUT2D eigenvalue weighted by atomic mass is 32.2. The summed E-state index contributed by atoms with van der Waals surface area (Å²) in [5.74, 6) is 0.587. The molecule has 174 valence electrons. The zero-order chi connectivity index (χ0) is 24.0. The van der Waals surface area contributed by atoms with Crippen LogP contribution in [0.2, 0.25) is 0 Å². The van der Waals surface area contributed by atoms with Crippen LogP contribution in [-0.2, 0) is 6.42 Å². The molecule has 0 saturated heterocycles. The van der Waals surface area contributed by atoms with Crippen molar-refractivity contribution < 1.29 is 22.7 Å². The highest BCUT2D eigenvalue weighted by Gasteiger charge is 2.29. The second-order valence-electron chi connectivity index (χ2n) is 7.45. The number of carbonyl (C=O) groups excluding carboxylic acids is 1. The number of H-pyrrole nitrogens is 1. The third-order valence-corrected chi connectivity index (χ3v) is 5.86. The lowest BCUT2D eigenvalue weighted by molar-refractivity contribution is -0.0328. The number of carbonyl (C=O) groups is 1. The lowest BCUT2D eigenvalue weighted by Crippen LogP contribution is -2.17. The molecule has 0 aliphatic heterocycles. The van der Waals surface area contributed by atoms with Gasteiger partial charge in [0.2, 0.25) is 0 Å². The Hall–Kier alpha value is -3.07. The van der Waals surface area contributed by atoms with Crippen molar-refractivity contribution in [1.29, 1.82) is 0 Å². The number of nitrogens with zero attached hydrogens (tertiary/aromatic N) is 1. The Labute approximate surface area is 193 Å². The van der Waals surface area contributed by atoms with E-state index >= 15 is 0 Å². The van der Waals surface area contributed by atoms with Crippen LogP contribution in [0.25, 0.3) is 0 Å². The van der Waals surface area contributed by atoms with E-state index < -0.39 is 11.1 Å². The summed E-state index contributed by atoms with van der Waals surface area (Å²) in [6.07, 6.45) is 1.05. The second kappa shape index (κ2) is 10.7. The van der Waals surface area contributed by atoms with Crippen LogP contribution < -0.4 is 10.3 Å². The van der Waals surface area contributed by atoms with Gasteiger partial charge in [-0.15, -0.1) is 0 Å². The fraction of sp³-hybridized carbons (Fsp3) is 0.292. The summed E-state index contributed by atoms with van der Waals surface area (Å²) in [5.41, 5.74) is -3.03.